The highest BCUT2D eigenvalue weighted by atomic mass is 127. The molecule has 11 nitrogen and oxygen atoms in total. The highest BCUT2D eigenvalue weighted by molar-refractivity contribution is 14.1. The fourth-order valence-electron chi connectivity index (χ4n) is 2.88. The van der Waals surface area contributed by atoms with E-state index in [1.54, 1.807) is 7.11 Å². The van der Waals surface area contributed by atoms with E-state index in [1.165, 1.54) is 23.7 Å². The lowest BCUT2D eigenvalue weighted by Gasteiger charge is -2.09. The minimum absolute atomic E-state index is 0.527. The van der Waals surface area contributed by atoms with Gasteiger partial charge < -0.3 is 52.1 Å². The van der Waals surface area contributed by atoms with Gasteiger partial charge in [0.05, 0.1) is 132 Å². The number of hydrogen-bond acceptors (Lipinski definition) is 11. The third-order valence-corrected chi connectivity index (χ3v) is 5.71. The lowest BCUT2D eigenvalue weighted by molar-refractivity contribution is -0.0271. The summed E-state index contributed by atoms with van der Waals surface area (Å²) < 4.78 is 60.6. The van der Waals surface area contributed by atoms with Gasteiger partial charge in [0, 0.05) is 13.7 Å². The standard InChI is InChI=1S/C27H55IO11/c1-29-8-9-31-12-13-33-16-17-35-20-21-37-24-25-39-27-26-38-23-22-36-19-18-34-15-14-32-11-10-30-7-5-3-2-4-6-28/h2-27H2,1H3. The highest BCUT2D eigenvalue weighted by Crippen LogP contribution is 2.02. The van der Waals surface area contributed by atoms with E-state index in [4.69, 9.17) is 52.1 Å². The summed E-state index contributed by atoms with van der Waals surface area (Å²) in [6.07, 6.45) is 4.99. The molecule has 0 aliphatic carbocycles. The Bertz CT molecular complexity index is 389. The molecule has 12 heteroatoms. The Morgan fingerprint density at radius 3 is 0.769 bits per heavy atom. The maximum absolute atomic E-state index is 5.55. The predicted octanol–water partition coefficient (Wildman–Crippen LogP) is 2.79. The van der Waals surface area contributed by atoms with Crippen LogP contribution in [-0.2, 0) is 52.1 Å². The van der Waals surface area contributed by atoms with Crippen LogP contribution in [0.1, 0.15) is 25.7 Å². The first kappa shape index (κ1) is 39.3. The molecule has 236 valence electrons. The van der Waals surface area contributed by atoms with Gasteiger partial charge in [-0.1, -0.05) is 35.4 Å². The maximum atomic E-state index is 5.55. The topological polar surface area (TPSA) is 102 Å². The van der Waals surface area contributed by atoms with Crippen LogP contribution in [0.4, 0.5) is 0 Å². The molecule has 0 aliphatic heterocycles. The van der Waals surface area contributed by atoms with Gasteiger partial charge in [0.25, 0.3) is 0 Å². The first-order valence-electron chi connectivity index (χ1n) is 14.2. The van der Waals surface area contributed by atoms with Crippen molar-refractivity contribution in [2.24, 2.45) is 0 Å². The number of methoxy groups -OCH3 is 1. The van der Waals surface area contributed by atoms with E-state index in [1.807, 2.05) is 0 Å². The molecule has 0 aromatic rings. The van der Waals surface area contributed by atoms with Crippen LogP contribution < -0.4 is 0 Å². The molecular weight excluding hydrogens is 627 g/mol. The quantitative estimate of drug-likeness (QED) is 0.0554. The normalized spacial score (nSPS) is 11.5. The summed E-state index contributed by atoms with van der Waals surface area (Å²) in [4.78, 5) is 0. The van der Waals surface area contributed by atoms with E-state index >= 15 is 0 Å². The predicted molar refractivity (Wildman–Crippen MR) is 157 cm³/mol. The number of alkyl halides is 1. The van der Waals surface area contributed by atoms with E-state index in [-0.39, 0.29) is 0 Å². The fourth-order valence-corrected chi connectivity index (χ4v) is 3.42. The summed E-state index contributed by atoms with van der Waals surface area (Å²) in [6.45, 7) is 11.9. The maximum Gasteiger partial charge on any atom is 0.0701 e. The molecule has 0 spiro atoms. The van der Waals surface area contributed by atoms with Crippen molar-refractivity contribution in [1.29, 1.82) is 0 Å². The molecule has 0 rings (SSSR count). The van der Waals surface area contributed by atoms with Crippen LogP contribution in [0, 0.1) is 0 Å². The number of ether oxygens (including phenoxy) is 11. The molecular formula is C27H55IO11. The molecule has 0 aromatic carbocycles. The average molecular weight is 683 g/mol. The largest absolute Gasteiger partial charge is 0.382 e. The number of rotatable bonds is 36. The number of hydrogen-bond donors (Lipinski definition) is 0. The molecule has 39 heavy (non-hydrogen) atoms. The van der Waals surface area contributed by atoms with Gasteiger partial charge in [-0.15, -0.1) is 0 Å². The second kappa shape index (κ2) is 38.3. The highest BCUT2D eigenvalue weighted by Gasteiger charge is 1.96. The Kier molecular flexibility index (Phi) is 38.6. The molecule has 0 N–H and O–H groups in total. The molecule has 0 aromatic heterocycles. The number of halogens is 1. The van der Waals surface area contributed by atoms with Crippen molar-refractivity contribution in [3.05, 3.63) is 0 Å². The van der Waals surface area contributed by atoms with Crippen molar-refractivity contribution in [1.82, 2.24) is 0 Å². The van der Waals surface area contributed by atoms with Gasteiger partial charge in [-0.2, -0.15) is 0 Å². The zero-order chi connectivity index (χ0) is 28.2. The van der Waals surface area contributed by atoms with Gasteiger partial charge in [0.15, 0.2) is 0 Å². The first-order chi connectivity index (χ1) is 19.4. The van der Waals surface area contributed by atoms with Crippen molar-refractivity contribution in [2.45, 2.75) is 25.7 Å². The minimum atomic E-state index is 0.527. The lowest BCUT2D eigenvalue weighted by Crippen LogP contribution is -2.15. The van der Waals surface area contributed by atoms with E-state index in [0.29, 0.717) is 132 Å². The monoisotopic (exact) mass is 682 g/mol. The summed E-state index contributed by atoms with van der Waals surface area (Å²) in [5, 5.41) is 0. The summed E-state index contributed by atoms with van der Waals surface area (Å²) in [6, 6.07) is 0. The SMILES string of the molecule is COCCOCCOCCOCCOCCOCCOCCOCCOCCOCCOCCCCCCI. The third kappa shape index (κ3) is 38.3. The Balaban J connectivity index is 3.01. The molecule has 0 saturated carbocycles. The molecule has 0 unspecified atom stereocenters. The van der Waals surface area contributed by atoms with Gasteiger partial charge in [0.2, 0.25) is 0 Å². The van der Waals surface area contributed by atoms with Crippen molar-refractivity contribution in [2.75, 3.05) is 150 Å². The number of unbranched alkanes of at least 4 members (excludes halogenated alkanes) is 3. The van der Waals surface area contributed by atoms with E-state index in [0.717, 1.165) is 13.0 Å². The second-order valence-corrected chi connectivity index (χ2v) is 9.30. The first-order valence-corrected chi connectivity index (χ1v) is 15.8. The van der Waals surface area contributed by atoms with Crippen molar-refractivity contribution < 1.29 is 52.1 Å². The Labute approximate surface area is 250 Å². The Morgan fingerprint density at radius 2 is 0.513 bits per heavy atom. The van der Waals surface area contributed by atoms with Crippen LogP contribution in [-0.4, -0.2) is 150 Å². The lowest BCUT2D eigenvalue weighted by atomic mass is 10.2. The van der Waals surface area contributed by atoms with Crippen LogP contribution in [0.25, 0.3) is 0 Å². The van der Waals surface area contributed by atoms with Crippen LogP contribution in [0.2, 0.25) is 0 Å². The molecule has 0 saturated heterocycles. The molecule has 0 radical (unpaired) electrons. The van der Waals surface area contributed by atoms with Gasteiger partial charge in [-0.3, -0.25) is 0 Å². The van der Waals surface area contributed by atoms with E-state index in [2.05, 4.69) is 22.6 Å². The summed E-state index contributed by atoms with van der Waals surface area (Å²) >= 11 is 2.42. The fraction of sp³-hybridized carbons (Fsp3) is 1.00. The molecule has 0 aliphatic rings. The van der Waals surface area contributed by atoms with Crippen LogP contribution >= 0.6 is 22.6 Å². The van der Waals surface area contributed by atoms with Crippen LogP contribution in [0.3, 0.4) is 0 Å². The minimum Gasteiger partial charge on any atom is -0.382 e. The zero-order valence-electron chi connectivity index (χ0n) is 24.3. The molecule has 0 heterocycles. The van der Waals surface area contributed by atoms with Gasteiger partial charge >= 0.3 is 0 Å². The molecule has 0 bridgehead atoms. The Hall–Kier alpha value is 0.290. The summed E-state index contributed by atoms with van der Waals surface area (Å²) in [7, 11) is 1.65. The van der Waals surface area contributed by atoms with Crippen LogP contribution in [0.5, 0.6) is 0 Å². The third-order valence-electron chi connectivity index (χ3n) is 4.95. The zero-order valence-corrected chi connectivity index (χ0v) is 26.4. The Morgan fingerprint density at radius 1 is 0.282 bits per heavy atom. The van der Waals surface area contributed by atoms with Crippen molar-refractivity contribution in [3.63, 3.8) is 0 Å². The summed E-state index contributed by atoms with van der Waals surface area (Å²) in [5.74, 6) is 0. The molecule has 0 amide bonds. The smallest absolute Gasteiger partial charge is 0.0701 e. The van der Waals surface area contributed by atoms with Gasteiger partial charge in [0.1, 0.15) is 0 Å². The average Bonchev–Trinajstić information content (AvgIpc) is 2.95. The van der Waals surface area contributed by atoms with Gasteiger partial charge in [-0.25, -0.2) is 0 Å². The molecule has 0 atom stereocenters. The second-order valence-electron chi connectivity index (χ2n) is 8.22. The van der Waals surface area contributed by atoms with Gasteiger partial charge in [-0.05, 0) is 17.3 Å². The van der Waals surface area contributed by atoms with Crippen molar-refractivity contribution >= 4 is 22.6 Å². The summed E-state index contributed by atoms with van der Waals surface area (Å²) in [5.41, 5.74) is 0. The van der Waals surface area contributed by atoms with E-state index < -0.39 is 0 Å². The van der Waals surface area contributed by atoms with Crippen LogP contribution in [0.15, 0.2) is 0 Å². The van der Waals surface area contributed by atoms with Crippen molar-refractivity contribution in [3.8, 4) is 0 Å². The molecule has 0 fully saturated rings. The van der Waals surface area contributed by atoms with E-state index in [9.17, 15) is 0 Å².